The third kappa shape index (κ3) is 2.80. The molecule has 0 bridgehead atoms. The number of hydrogen-bond acceptors (Lipinski definition) is 4. The van der Waals surface area contributed by atoms with Crippen LogP contribution < -0.4 is 10.6 Å². The summed E-state index contributed by atoms with van der Waals surface area (Å²) in [7, 11) is 0. The lowest BCUT2D eigenvalue weighted by atomic mass is 10.0. The van der Waals surface area contributed by atoms with E-state index in [1.165, 1.54) is 44.1 Å². The molecule has 1 aliphatic carbocycles. The van der Waals surface area contributed by atoms with E-state index in [0.29, 0.717) is 12.0 Å². The fraction of sp³-hybridized carbons (Fsp3) is 0.714. The molecule has 98 valence electrons. The minimum absolute atomic E-state index is 0.586. The maximum atomic E-state index is 4.43. The Morgan fingerprint density at radius 1 is 1.11 bits per heavy atom. The minimum Gasteiger partial charge on any atom is -0.353 e. The molecule has 1 aliphatic heterocycles. The third-order valence-corrected chi connectivity index (χ3v) is 4.17. The molecule has 4 heteroatoms. The summed E-state index contributed by atoms with van der Waals surface area (Å²) < 4.78 is 0. The molecular weight excluding hydrogens is 224 g/mol. The summed E-state index contributed by atoms with van der Waals surface area (Å²) >= 11 is 0. The molecule has 3 rings (SSSR count). The van der Waals surface area contributed by atoms with Crippen molar-refractivity contribution in [1.29, 1.82) is 0 Å². The molecular formula is C14H22N4. The van der Waals surface area contributed by atoms with E-state index in [1.807, 2.05) is 12.4 Å². The maximum Gasteiger partial charge on any atom is 0.222 e. The van der Waals surface area contributed by atoms with Crippen molar-refractivity contribution in [3.05, 3.63) is 18.0 Å². The molecule has 18 heavy (non-hydrogen) atoms. The zero-order valence-electron chi connectivity index (χ0n) is 10.9. The lowest BCUT2D eigenvalue weighted by Gasteiger charge is -2.12. The van der Waals surface area contributed by atoms with Gasteiger partial charge in [0.15, 0.2) is 0 Å². The predicted octanol–water partition coefficient (Wildman–Crippen LogP) is 2.30. The van der Waals surface area contributed by atoms with Gasteiger partial charge in [0, 0.05) is 25.0 Å². The Kier molecular flexibility index (Phi) is 3.74. The van der Waals surface area contributed by atoms with Crippen molar-refractivity contribution >= 4 is 5.95 Å². The largest absolute Gasteiger partial charge is 0.353 e. The molecule has 1 atom stereocenters. The van der Waals surface area contributed by atoms with E-state index < -0.39 is 0 Å². The highest BCUT2D eigenvalue weighted by molar-refractivity contribution is 5.26. The Hall–Kier alpha value is -1.16. The van der Waals surface area contributed by atoms with Gasteiger partial charge in [0.2, 0.25) is 5.95 Å². The molecule has 2 N–H and O–H groups in total. The van der Waals surface area contributed by atoms with Crippen LogP contribution in [0.15, 0.2) is 12.4 Å². The molecule has 2 aliphatic rings. The number of rotatable bonds is 4. The van der Waals surface area contributed by atoms with Crippen molar-refractivity contribution in [2.24, 2.45) is 0 Å². The first-order chi connectivity index (χ1) is 8.92. The molecule has 1 saturated carbocycles. The van der Waals surface area contributed by atoms with E-state index in [9.17, 15) is 0 Å². The van der Waals surface area contributed by atoms with Crippen LogP contribution in [-0.2, 0) is 0 Å². The summed E-state index contributed by atoms with van der Waals surface area (Å²) in [6.07, 6.45) is 11.9. The standard InChI is InChI=1S/C14H22N4/c1-2-5-11(4-1)12-8-16-14(17-9-12)18-10-13-6-3-7-15-13/h8-9,11,13,15H,1-7,10H2,(H,16,17,18). The Morgan fingerprint density at radius 3 is 2.56 bits per heavy atom. The Labute approximate surface area is 109 Å². The highest BCUT2D eigenvalue weighted by Gasteiger charge is 2.18. The van der Waals surface area contributed by atoms with Crippen molar-refractivity contribution in [1.82, 2.24) is 15.3 Å². The Bertz CT molecular complexity index is 364. The van der Waals surface area contributed by atoms with E-state index in [1.54, 1.807) is 0 Å². The molecule has 1 aromatic heterocycles. The second-order valence-corrected chi connectivity index (χ2v) is 5.50. The summed E-state index contributed by atoms with van der Waals surface area (Å²) in [5.41, 5.74) is 1.32. The fourth-order valence-corrected chi connectivity index (χ4v) is 3.04. The Balaban J connectivity index is 1.53. The lowest BCUT2D eigenvalue weighted by Crippen LogP contribution is -2.29. The first-order valence-electron chi connectivity index (χ1n) is 7.21. The zero-order chi connectivity index (χ0) is 12.2. The van der Waals surface area contributed by atoms with E-state index in [2.05, 4.69) is 20.6 Å². The van der Waals surface area contributed by atoms with Gasteiger partial charge in [0.1, 0.15) is 0 Å². The van der Waals surface area contributed by atoms with Crippen LogP contribution in [0.1, 0.15) is 50.0 Å². The van der Waals surface area contributed by atoms with E-state index in [4.69, 9.17) is 0 Å². The predicted molar refractivity (Wildman–Crippen MR) is 72.8 cm³/mol. The second-order valence-electron chi connectivity index (χ2n) is 5.50. The lowest BCUT2D eigenvalue weighted by molar-refractivity contribution is 0.630. The average Bonchev–Trinajstić information content (AvgIpc) is 3.10. The summed E-state index contributed by atoms with van der Waals surface area (Å²) in [6.45, 7) is 2.08. The van der Waals surface area contributed by atoms with Gasteiger partial charge in [-0.25, -0.2) is 9.97 Å². The molecule has 1 saturated heterocycles. The molecule has 1 aromatic rings. The topological polar surface area (TPSA) is 49.8 Å². The zero-order valence-corrected chi connectivity index (χ0v) is 10.9. The molecule has 0 amide bonds. The van der Waals surface area contributed by atoms with Crippen molar-refractivity contribution in [2.75, 3.05) is 18.4 Å². The fourth-order valence-electron chi connectivity index (χ4n) is 3.04. The van der Waals surface area contributed by atoms with Gasteiger partial charge in [0.05, 0.1) is 0 Å². The second kappa shape index (κ2) is 5.65. The third-order valence-electron chi connectivity index (χ3n) is 4.17. The van der Waals surface area contributed by atoms with Crippen LogP contribution in [0.3, 0.4) is 0 Å². The van der Waals surface area contributed by atoms with Gasteiger partial charge in [-0.15, -0.1) is 0 Å². The van der Waals surface area contributed by atoms with Gasteiger partial charge < -0.3 is 10.6 Å². The molecule has 4 nitrogen and oxygen atoms in total. The van der Waals surface area contributed by atoms with Crippen molar-refractivity contribution in [3.8, 4) is 0 Å². The summed E-state index contributed by atoms with van der Waals surface area (Å²) in [4.78, 5) is 8.87. The van der Waals surface area contributed by atoms with Gasteiger partial charge in [-0.3, -0.25) is 0 Å². The molecule has 2 heterocycles. The summed E-state index contributed by atoms with van der Waals surface area (Å²) in [5, 5.41) is 6.78. The van der Waals surface area contributed by atoms with Crippen LogP contribution in [0.5, 0.6) is 0 Å². The molecule has 0 aromatic carbocycles. The molecule has 1 unspecified atom stereocenters. The highest BCUT2D eigenvalue weighted by atomic mass is 15.1. The van der Waals surface area contributed by atoms with Crippen LogP contribution in [0, 0.1) is 0 Å². The van der Waals surface area contributed by atoms with Crippen LogP contribution >= 0.6 is 0 Å². The van der Waals surface area contributed by atoms with Gasteiger partial charge in [-0.2, -0.15) is 0 Å². The normalized spacial score (nSPS) is 24.6. The van der Waals surface area contributed by atoms with E-state index in [-0.39, 0.29) is 0 Å². The van der Waals surface area contributed by atoms with Crippen LogP contribution in [0.4, 0.5) is 5.95 Å². The SMILES string of the molecule is c1nc(NCC2CCCN2)ncc1C1CCCC1. The molecule has 0 spiro atoms. The van der Waals surface area contributed by atoms with Crippen molar-refractivity contribution < 1.29 is 0 Å². The maximum absolute atomic E-state index is 4.43. The van der Waals surface area contributed by atoms with E-state index in [0.717, 1.165) is 19.0 Å². The number of nitrogens with zero attached hydrogens (tertiary/aromatic N) is 2. The van der Waals surface area contributed by atoms with E-state index >= 15 is 0 Å². The number of hydrogen-bond donors (Lipinski definition) is 2. The van der Waals surface area contributed by atoms with Crippen LogP contribution in [-0.4, -0.2) is 29.1 Å². The minimum atomic E-state index is 0.586. The van der Waals surface area contributed by atoms with Gasteiger partial charge >= 0.3 is 0 Å². The van der Waals surface area contributed by atoms with Gasteiger partial charge in [0.25, 0.3) is 0 Å². The van der Waals surface area contributed by atoms with Gasteiger partial charge in [-0.05, 0) is 43.7 Å². The van der Waals surface area contributed by atoms with Gasteiger partial charge in [-0.1, -0.05) is 12.8 Å². The molecule has 0 radical (unpaired) electrons. The summed E-state index contributed by atoms with van der Waals surface area (Å²) in [5.74, 6) is 1.47. The molecule has 2 fully saturated rings. The Morgan fingerprint density at radius 2 is 1.89 bits per heavy atom. The number of aromatic nitrogens is 2. The summed E-state index contributed by atoms with van der Waals surface area (Å²) in [6, 6.07) is 0.586. The number of nitrogens with one attached hydrogen (secondary N) is 2. The average molecular weight is 246 g/mol. The quantitative estimate of drug-likeness (QED) is 0.856. The first kappa shape index (κ1) is 11.9. The smallest absolute Gasteiger partial charge is 0.222 e. The first-order valence-corrected chi connectivity index (χ1v) is 7.21. The van der Waals surface area contributed by atoms with Crippen molar-refractivity contribution in [3.63, 3.8) is 0 Å². The highest BCUT2D eigenvalue weighted by Crippen LogP contribution is 2.33. The van der Waals surface area contributed by atoms with Crippen LogP contribution in [0.2, 0.25) is 0 Å². The van der Waals surface area contributed by atoms with Crippen LogP contribution in [0.25, 0.3) is 0 Å². The monoisotopic (exact) mass is 246 g/mol. The number of anilines is 1. The van der Waals surface area contributed by atoms with Crippen molar-refractivity contribution in [2.45, 2.75) is 50.5 Å².